The molecule has 1 fully saturated rings. The Morgan fingerprint density at radius 1 is 1.14 bits per heavy atom. The van der Waals surface area contributed by atoms with Crippen LogP contribution in [0.2, 0.25) is 0 Å². The number of nitrogens with one attached hydrogen (secondary N) is 1. The molecule has 0 radical (unpaired) electrons. The number of aliphatic hydroxyl groups excluding tert-OH is 3. The lowest BCUT2D eigenvalue weighted by atomic mass is 10.1. The normalized spacial score (nSPS) is 31.6. The number of hydrogen-bond donors (Lipinski definition) is 5. The lowest BCUT2D eigenvalue weighted by Crippen LogP contribution is -2.52. The summed E-state index contributed by atoms with van der Waals surface area (Å²) >= 11 is 2.09. The van der Waals surface area contributed by atoms with E-state index in [-0.39, 0.29) is 12.8 Å². The highest BCUT2D eigenvalue weighted by atomic mass is 127. The molecular weight excluding hydrogens is 479 g/mol. The molecule has 0 spiro atoms. The molecule has 1 aromatic carbocycles. The highest BCUT2D eigenvalue weighted by molar-refractivity contribution is 14.1. The molecule has 1 aromatic rings. The number of hydrogen-bond acceptors (Lipinski definition) is 10. The molecule has 10 nitrogen and oxygen atoms in total. The van der Waals surface area contributed by atoms with Gasteiger partial charge in [-0.3, -0.25) is 3.11 Å². The fraction of sp³-hybridized carbons (Fsp3) is 0.412. The first-order valence-electron chi connectivity index (χ1n) is 8.74. The Kier molecular flexibility index (Phi) is 5.42. The first-order valence-corrected chi connectivity index (χ1v) is 9.71. The van der Waals surface area contributed by atoms with Crippen molar-refractivity contribution in [2.45, 2.75) is 37.3 Å². The summed E-state index contributed by atoms with van der Waals surface area (Å²) in [4.78, 5) is 10.6. The van der Waals surface area contributed by atoms with Gasteiger partial charge in [-0.05, 0) is 17.7 Å². The minimum atomic E-state index is -1.17. The number of anilines is 1. The Balaban J connectivity index is 1.52. The highest BCUT2D eigenvalue weighted by Crippen LogP contribution is 2.34. The van der Waals surface area contributed by atoms with Gasteiger partial charge in [0.05, 0.1) is 35.8 Å². The van der Waals surface area contributed by atoms with Gasteiger partial charge < -0.3 is 36.0 Å². The van der Waals surface area contributed by atoms with Gasteiger partial charge in [0.15, 0.2) is 18.2 Å². The van der Waals surface area contributed by atoms with Crippen LogP contribution in [0.3, 0.4) is 0 Å². The maximum absolute atomic E-state index is 10.4. The van der Waals surface area contributed by atoms with Crippen LogP contribution >= 0.6 is 22.9 Å². The molecule has 150 valence electrons. The maximum Gasteiger partial charge on any atom is 0.162 e. The molecule has 4 rings (SSSR count). The molecule has 3 aliphatic heterocycles. The van der Waals surface area contributed by atoms with E-state index in [0.29, 0.717) is 23.8 Å². The predicted octanol–water partition coefficient (Wildman–Crippen LogP) is -0.670. The van der Waals surface area contributed by atoms with Crippen LogP contribution in [0.5, 0.6) is 0 Å². The molecule has 3 heterocycles. The number of aliphatic imine (C=N–C) groups is 2. The molecule has 0 bridgehead atoms. The quantitative estimate of drug-likeness (QED) is 0.204. The maximum atomic E-state index is 10.4. The molecule has 0 aromatic heterocycles. The molecule has 0 amide bonds. The van der Waals surface area contributed by atoms with Gasteiger partial charge in [-0.25, -0.2) is 9.98 Å². The summed E-state index contributed by atoms with van der Waals surface area (Å²) in [5, 5.41) is 33.0. The van der Waals surface area contributed by atoms with Crippen molar-refractivity contribution in [3.8, 4) is 0 Å². The molecule has 1 saturated heterocycles. The third-order valence-corrected chi connectivity index (χ3v) is 5.66. The van der Waals surface area contributed by atoms with Crippen molar-refractivity contribution in [1.29, 1.82) is 0 Å². The highest BCUT2D eigenvalue weighted by Gasteiger charge is 2.49. The van der Waals surface area contributed by atoms with Gasteiger partial charge in [-0.1, -0.05) is 12.1 Å². The topological polar surface area (TPSA) is 139 Å². The van der Waals surface area contributed by atoms with E-state index in [4.69, 9.17) is 10.5 Å². The number of nitrogen functional groups attached to an aromatic ring is 1. The van der Waals surface area contributed by atoms with Crippen molar-refractivity contribution in [2.75, 3.05) is 12.3 Å². The second-order valence-corrected chi connectivity index (χ2v) is 7.83. The van der Waals surface area contributed by atoms with Gasteiger partial charge in [0.1, 0.15) is 30.3 Å². The standard InChI is InChI=1S/C17H21IN6O4/c18-24-8-22-15(20-5-9-1-3-10(19)4-2-9)12-16(24)23(7-21-12)17-14(27)13(26)11(6-25)28-17/h1-4,7-8,11,13-14,16-17,20,25-27H,5-6,19H2/t11-,13-,14-,16?,17-/m1/s1. The van der Waals surface area contributed by atoms with E-state index in [1.54, 1.807) is 17.6 Å². The van der Waals surface area contributed by atoms with Crippen molar-refractivity contribution in [1.82, 2.24) is 13.3 Å². The zero-order valence-electron chi connectivity index (χ0n) is 14.8. The summed E-state index contributed by atoms with van der Waals surface area (Å²) in [6.45, 7) is 0.171. The van der Waals surface area contributed by atoms with E-state index in [1.165, 1.54) is 0 Å². The van der Waals surface area contributed by atoms with E-state index >= 15 is 0 Å². The SMILES string of the molecule is Nc1ccc(CNC2=C3N=CN([C@@H]4O[C@H](CO)[C@@H](O)[C@H]4O)C3N(I)C=N2)cc1. The molecule has 28 heavy (non-hydrogen) atoms. The Bertz CT molecular complexity index is 816. The van der Waals surface area contributed by atoms with Crippen LogP contribution in [0, 0.1) is 0 Å². The summed E-state index contributed by atoms with van der Waals surface area (Å²) in [6.07, 6.45) is -1.16. The largest absolute Gasteiger partial charge is 0.399 e. The van der Waals surface area contributed by atoms with E-state index in [1.807, 2.05) is 27.4 Å². The molecule has 0 saturated carbocycles. The number of nitrogens with zero attached hydrogens (tertiary/aromatic N) is 4. The van der Waals surface area contributed by atoms with E-state index in [0.717, 1.165) is 5.56 Å². The molecule has 5 atom stereocenters. The molecular formula is C17H21IN6O4. The van der Waals surface area contributed by atoms with Crippen LogP contribution in [0.4, 0.5) is 5.69 Å². The molecule has 11 heteroatoms. The number of nitrogens with two attached hydrogens (primary N) is 1. The van der Waals surface area contributed by atoms with Gasteiger partial charge >= 0.3 is 0 Å². The van der Waals surface area contributed by atoms with Crippen LogP contribution in [0.1, 0.15) is 5.56 Å². The van der Waals surface area contributed by atoms with Crippen LogP contribution in [-0.2, 0) is 11.3 Å². The number of ether oxygens (including phenoxy) is 1. The molecule has 6 N–H and O–H groups in total. The van der Waals surface area contributed by atoms with Crippen molar-refractivity contribution < 1.29 is 20.1 Å². The monoisotopic (exact) mass is 500 g/mol. The molecule has 0 aliphatic carbocycles. The van der Waals surface area contributed by atoms with E-state index in [2.05, 4.69) is 38.2 Å². The number of aliphatic hydroxyl groups is 3. The van der Waals surface area contributed by atoms with Gasteiger partial charge in [0.25, 0.3) is 0 Å². The van der Waals surface area contributed by atoms with Gasteiger partial charge in [-0.15, -0.1) is 0 Å². The zero-order chi connectivity index (χ0) is 19.8. The summed E-state index contributed by atoms with van der Waals surface area (Å²) in [6, 6.07) is 7.55. The summed E-state index contributed by atoms with van der Waals surface area (Å²) in [7, 11) is 0. The summed E-state index contributed by atoms with van der Waals surface area (Å²) < 4.78 is 7.46. The molecule has 3 aliphatic rings. The third kappa shape index (κ3) is 3.43. The number of fused-ring (bicyclic) bond motifs is 1. The summed E-state index contributed by atoms with van der Waals surface area (Å²) in [5.41, 5.74) is 8.14. The minimum Gasteiger partial charge on any atom is -0.399 e. The van der Waals surface area contributed by atoms with Crippen LogP contribution < -0.4 is 11.1 Å². The van der Waals surface area contributed by atoms with Crippen molar-refractivity contribution in [2.24, 2.45) is 9.98 Å². The van der Waals surface area contributed by atoms with Crippen molar-refractivity contribution >= 4 is 41.2 Å². The zero-order valence-corrected chi connectivity index (χ0v) is 16.9. The Morgan fingerprint density at radius 3 is 2.57 bits per heavy atom. The summed E-state index contributed by atoms with van der Waals surface area (Å²) in [5.74, 6) is 0.611. The number of halogens is 1. The average Bonchev–Trinajstić information content (AvgIpc) is 3.25. The Morgan fingerprint density at radius 2 is 1.89 bits per heavy atom. The van der Waals surface area contributed by atoms with Crippen molar-refractivity contribution in [3.05, 3.63) is 41.3 Å². The average molecular weight is 500 g/mol. The third-order valence-electron chi connectivity index (χ3n) is 4.88. The lowest BCUT2D eigenvalue weighted by Gasteiger charge is -2.36. The number of rotatable bonds is 5. The fourth-order valence-electron chi connectivity index (χ4n) is 3.36. The van der Waals surface area contributed by atoms with Gasteiger partial charge in [0, 0.05) is 12.2 Å². The van der Waals surface area contributed by atoms with Crippen LogP contribution in [0.15, 0.2) is 45.8 Å². The van der Waals surface area contributed by atoms with Gasteiger partial charge in [0.2, 0.25) is 0 Å². The van der Waals surface area contributed by atoms with Crippen molar-refractivity contribution in [3.63, 3.8) is 0 Å². The molecule has 1 unspecified atom stereocenters. The first-order chi connectivity index (χ1) is 13.5. The van der Waals surface area contributed by atoms with E-state index < -0.39 is 24.5 Å². The fourth-order valence-corrected chi connectivity index (χ4v) is 4.03. The predicted molar refractivity (Wildman–Crippen MR) is 111 cm³/mol. The van der Waals surface area contributed by atoms with E-state index in [9.17, 15) is 15.3 Å². The Labute approximate surface area is 175 Å². The smallest absolute Gasteiger partial charge is 0.162 e. The lowest BCUT2D eigenvalue weighted by molar-refractivity contribution is -0.0809. The number of benzene rings is 1. The van der Waals surface area contributed by atoms with Gasteiger partial charge in [-0.2, -0.15) is 0 Å². The first kappa shape index (κ1) is 19.4. The van der Waals surface area contributed by atoms with Crippen LogP contribution in [-0.4, -0.2) is 73.3 Å². The second kappa shape index (κ2) is 7.83. The Hall–Kier alpha value is -1.93. The minimum absolute atomic E-state index is 0.365. The second-order valence-electron chi connectivity index (χ2n) is 6.71. The van der Waals surface area contributed by atoms with Crippen LogP contribution in [0.25, 0.3) is 0 Å².